The van der Waals surface area contributed by atoms with Crippen LogP contribution in [0.4, 0.5) is 0 Å². The molecule has 1 amide bonds. The predicted octanol–water partition coefficient (Wildman–Crippen LogP) is 0.269. The van der Waals surface area contributed by atoms with E-state index < -0.39 is 9.84 Å². The summed E-state index contributed by atoms with van der Waals surface area (Å²) in [5.41, 5.74) is 0. The minimum absolute atomic E-state index is 0.0171. The van der Waals surface area contributed by atoms with E-state index >= 15 is 0 Å². The average Bonchev–Trinajstić information content (AvgIpc) is 2.64. The Hall–Kier alpha value is -0.620. The van der Waals surface area contributed by atoms with Crippen LogP contribution in [0.2, 0.25) is 0 Å². The number of carbonyl (C=O) groups excluding carboxylic acids is 1. The standard InChI is InChI=1S/C12H24N2O3S/c1-3-14(4-2)7-6-13-12(15)9-11-5-8-18(16,17)10-11/h11H,3-10H2,1-2H3,(H,13,15). The number of amides is 1. The number of nitrogens with one attached hydrogen (secondary N) is 1. The Kier molecular flexibility index (Phi) is 6.08. The highest BCUT2D eigenvalue weighted by Gasteiger charge is 2.29. The molecule has 0 bridgehead atoms. The zero-order valence-corrected chi connectivity index (χ0v) is 12.1. The first-order valence-electron chi connectivity index (χ1n) is 6.66. The highest BCUT2D eigenvalue weighted by atomic mass is 32.2. The van der Waals surface area contributed by atoms with E-state index in [1.54, 1.807) is 0 Å². The summed E-state index contributed by atoms with van der Waals surface area (Å²) in [6, 6.07) is 0. The number of sulfone groups is 1. The summed E-state index contributed by atoms with van der Waals surface area (Å²) in [6.07, 6.45) is 0.975. The number of nitrogens with zero attached hydrogens (tertiary/aromatic N) is 1. The largest absolute Gasteiger partial charge is 0.355 e. The molecule has 1 saturated heterocycles. The molecule has 6 heteroatoms. The maximum Gasteiger partial charge on any atom is 0.220 e. The van der Waals surface area contributed by atoms with E-state index in [2.05, 4.69) is 24.1 Å². The number of hydrogen-bond donors (Lipinski definition) is 1. The van der Waals surface area contributed by atoms with Gasteiger partial charge in [0, 0.05) is 19.5 Å². The summed E-state index contributed by atoms with van der Waals surface area (Å²) in [5, 5.41) is 2.86. The van der Waals surface area contributed by atoms with Crippen LogP contribution in [0, 0.1) is 5.92 Å². The maximum atomic E-state index is 11.6. The molecule has 5 nitrogen and oxygen atoms in total. The van der Waals surface area contributed by atoms with Crippen molar-refractivity contribution in [3.63, 3.8) is 0 Å². The molecule has 1 fully saturated rings. The smallest absolute Gasteiger partial charge is 0.220 e. The van der Waals surface area contributed by atoms with Gasteiger partial charge < -0.3 is 10.2 Å². The zero-order chi connectivity index (χ0) is 13.6. The summed E-state index contributed by atoms with van der Waals surface area (Å²) in [4.78, 5) is 13.9. The van der Waals surface area contributed by atoms with Gasteiger partial charge in [0.25, 0.3) is 0 Å². The molecule has 1 N–H and O–H groups in total. The lowest BCUT2D eigenvalue weighted by Crippen LogP contribution is -2.35. The normalized spacial score (nSPS) is 22.3. The summed E-state index contributed by atoms with van der Waals surface area (Å²) in [7, 11) is -2.87. The van der Waals surface area contributed by atoms with Gasteiger partial charge in [-0.15, -0.1) is 0 Å². The molecule has 0 aromatic carbocycles. The van der Waals surface area contributed by atoms with Crippen LogP contribution in [0.1, 0.15) is 26.7 Å². The quantitative estimate of drug-likeness (QED) is 0.725. The molecule has 106 valence electrons. The fraction of sp³-hybridized carbons (Fsp3) is 0.917. The number of likely N-dealkylation sites (N-methyl/N-ethyl adjacent to an activating group) is 1. The summed E-state index contributed by atoms with van der Waals surface area (Å²) in [6.45, 7) is 7.63. The molecule has 1 heterocycles. The van der Waals surface area contributed by atoms with Gasteiger partial charge in [-0.05, 0) is 25.4 Å². The Morgan fingerprint density at radius 2 is 2.00 bits per heavy atom. The second-order valence-corrected chi connectivity index (χ2v) is 7.08. The molecule has 0 aromatic heterocycles. The third-order valence-corrected chi connectivity index (χ3v) is 5.28. The van der Waals surface area contributed by atoms with E-state index in [1.165, 1.54) is 0 Å². The minimum atomic E-state index is -2.87. The lowest BCUT2D eigenvalue weighted by Gasteiger charge is -2.18. The van der Waals surface area contributed by atoms with Crippen molar-refractivity contribution in [3.8, 4) is 0 Å². The van der Waals surface area contributed by atoms with Gasteiger partial charge >= 0.3 is 0 Å². The van der Waals surface area contributed by atoms with E-state index in [1.807, 2.05) is 0 Å². The molecule has 1 aliphatic rings. The second kappa shape index (κ2) is 7.09. The second-order valence-electron chi connectivity index (χ2n) is 4.85. The zero-order valence-electron chi connectivity index (χ0n) is 11.3. The van der Waals surface area contributed by atoms with Crippen molar-refractivity contribution in [1.29, 1.82) is 0 Å². The molecule has 0 radical (unpaired) electrons. The molecular weight excluding hydrogens is 252 g/mol. The van der Waals surface area contributed by atoms with Crippen molar-refractivity contribution in [2.24, 2.45) is 5.92 Å². The van der Waals surface area contributed by atoms with Crippen molar-refractivity contribution in [2.45, 2.75) is 26.7 Å². The highest BCUT2D eigenvalue weighted by Crippen LogP contribution is 2.21. The fourth-order valence-electron chi connectivity index (χ4n) is 2.26. The van der Waals surface area contributed by atoms with Crippen LogP contribution < -0.4 is 5.32 Å². The van der Waals surface area contributed by atoms with Crippen molar-refractivity contribution >= 4 is 15.7 Å². The molecule has 0 saturated carbocycles. The van der Waals surface area contributed by atoms with Crippen molar-refractivity contribution in [1.82, 2.24) is 10.2 Å². The monoisotopic (exact) mass is 276 g/mol. The Labute approximate surface area is 110 Å². The number of carbonyl (C=O) groups is 1. The minimum Gasteiger partial charge on any atom is -0.355 e. The van der Waals surface area contributed by atoms with E-state index in [-0.39, 0.29) is 23.3 Å². The first kappa shape index (κ1) is 15.4. The van der Waals surface area contributed by atoms with Crippen molar-refractivity contribution in [2.75, 3.05) is 37.7 Å². The molecule has 0 aliphatic carbocycles. The van der Waals surface area contributed by atoms with Gasteiger partial charge in [-0.25, -0.2) is 8.42 Å². The van der Waals surface area contributed by atoms with E-state index in [9.17, 15) is 13.2 Å². The summed E-state index contributed by atoms with van der Waals surface area (Å²) < 4.78 is 22.5. The van der Waals surface area contributed by atoms with Crippen molar-refractivity contribution in [3.05, 3.63) is 0 Å². The molecule has 1 unspecified atom stereocenters. The Balaban J connectivity index is 2.18. The SMILES string of the molecule is CCN(CC)CCNC(=O)CC1CCS(=O)(=O)C1. The molecule has 1 aliphatic heterocycles. The lowest BCUT2D eigenvalue weighted by molar-refractivity contribution is -0.121. The average molecular weight is 276 g/mol. The molecule has 1 rings (SSSR count). The van der Waals surface area contributed by atoms with Gasteiger partial charge in [0.1, 0.15) is 0 Å². The highest BCUT2D eigenvalue weighted by molar-refractivity contribution is 7.91. The van der Waals surface area contributed by atoms with Crippen LogP contribution in [0.15, 0.2) is 0 Å². The van der Waals surface area contributed by atoms with Crippen molar-refractivity contribution < 1.29 is 13.2 Å². The van der Waals surface area contributed by atoms with E-state index in [0.29, 0.717) is 19.4 Å². The molecule has 0 spiro atoms. The summed E-state index contributed by atoms with van der Waals surface area (Å²) >= 11 is 0. The van der Waals surface area contributed by atoms with Gasteiger partial charge in [0.2, 0.25) is 5.91 Å². The Morgan fingerprint density at radius 3 is 2.50 bits per heavy atom. The number of hydrogen-bond acceptors (Lipinski definition) is 4. The molecule has 18 heavy (non-hydrogen) atoms. The van der Waals surface area contributed by atoms with Gasteiger partial charge in [0.05, 0.1) is 11.5 Å². The topological polar surface area (TPSA) is 66.5 Å². The first-order chi connectivity index (χ1) is 8.46. The van der Waals surface area contributed by atoms with Gasteiger partial charge in [-0.3, -0.25) is 4.79 Å². The van der Waals surface area contributed by atoms with Crippen LogP contribution in [-0.2, 0) is 14.6 Å². The van der Waals surface area contributed by atoms with E-state index in [0.717, 1.165) is 19.6 Å². The Bertz CT molecular complexity index is 364. The molecular formula is C12H24N2O3S. The Morgan fingerprint density at radius 1 is 1.33 bits per heavy atom. The van der Waals surface area contributed by atoms with Gasteiger partial charge in [-0.1, -0.05) is 13.8 Å². The van der Waals surface area contributed by atoms with Gasteiger partial charge in [0.15, 0.2) is 9.84 Å². The van der Waals surface area contributed by atoms with Crippen LogP contribution >= 0.6 is 0 Å². The van der Waals surface area contributed by atoms with Gasteiger partial charge in [-0.2, -0.15) is 0 Å². The first-order valence-corrected chi connectivity index (χ1v) is 8.48. The van der Waals surface area contributed by atoms with E-state index in [4.69, 9.17) is 0 Å². The lowest BCUT2D eigenvalue weighted by atomic mass is 10.1. The molecule has 1 atom stereocenters. The molecule has 0 aromatic rings. The van der Waals surface area contributed by atoms with Crippen LogP contribution in [0.5, 0.6) is 0 Å². The summed E-state index contributed by atoms with van der Waals surface area (Å²) in [5.74, 6) is 0.411. The van der Waals surface area contributed by atoms with Crippen LogP contribution in [0.25, 0.3) is 0 Å². The predicted molar refractivity (Wildman–Crippen MR) is 72.2 cm³/mol. The number of rotatable bonds is 7. The maximum absolute atomic E-state index is 11.6. The fourth-order valence-corrected chi connectivity index (χ4v) is 4.12. The van der Waals surface area contributed by atoms with Crippen LogP contribution in [0.3, 0.4) is 0 Å². The third kappa shape index (κ3) is 5.35. The third-order valence-electron chi connectivity index (χ3n) is 3.45. The van der Waals surface area contributed by atoms with Crippen LogP contribution in [-0.4, -0.2) is 56.9 Å².